The number of aromatic nitrogens is 6. The quantitative estimate of drug-likeness (QED) is 0.0630. The van der Waals surface area contributed by atoms with Crippen LogP contribution in [-0.2, 0) is 45.1 Å². The molecule has 6 N–H and O–H groups in total. The van der Waals surface area contributed by atoms with Gasteiger partial charge in [0.1, 0.15) is 23.0 Å². The fraction of sp³-hybridized carbons (Fsp3) is 0.486. The highest BCUT2D eigenvalue weighted by molar-refractivity contribution is 7.89. The molecule has 4 rings (SSSR count). The van der Waals surface area contributed by atoms with Crippen LogP contribution >= 0.6 is 0 Å². The molecule has 2 aromatic carbocycles. The molecule has 0 spiro atoms. The van der Waals surface area contributed by atoms with E-state index in [4.69, 9.17) is 19.3 Å². The molecule has 2 heterocycles. The molecule has 1 unspecified atom stereocenters. The lowest BCUT2D eigenvalue weighted by atomic mass is 10.0. The molecule has 23 heteroatoms. The monoisotopic (exact) mass is 877 g/mol. The van der Waals surface area contributed by atoms with Crippen molar-refractivity contribution in [2.24, 2.45) is 17.0 Å². The van der Waals surface area contributed by atoms with E-state index in [1.165, 1.54) is 27.7 Å². The number of carboxylic acids is 1. The Morgan fingerprint density at radius 2 is 1.27 bits per heavy atom. The zero-order valence-corrected chi connectivity index (χ0v) is 36.1. The summed E-state index contributed by atoms with van der Waals surface area (Å²) >= 11 is -2.40. The van der Waals surface area contributed by atoms with Gasteiger partial charge in [-0.2, -0.15) is 0 Å². The van der Waals surface area contributed by atoms with Gasteiger partial charge < -0.3 is 39.2 Å². The Balaban J connectivity index is 0.000000369. The third kappa shape index (κ3) is 16.4. The fourth-order valence-electron chi connectivity index (χ4n) is 5.36. The number of aliphatic carboxylic acids is 1. The summed E-state index contributed by atoms with van der Waals surface area (Å²) in [5.74, 6) is -1.40. The molecule has 0 fully saturated rings. The molecule has 0 radical (unpaired) electrons. The van der Waals surface area contributed by atoms with Crippen molar-refractivity contribution in [3.63, 3.8) is 0 Å². The summed E-state index contributed by atoms with van der Waals surface area (Å²) < 4.78 is 65.0. The van der Waals surface area contributed by atoms with E-state index in [0.717, 1.165) is 5.56 Å². The molecule has 0 bridgehead atoms. The number of ether oxygens (including phenoxy) is 3. The molecule has 2 amide bonds. The summed E-state index contributed by atoms with van der Waals surface area (Å²) in [4.78, 5) is 35.6. The van der Waals surface area contributed by atoms with E-state index < -0.39 is 51.0 Å². The second-order valence-electron chi connectivity index (χ2n) is 14.8. The van der Waals surface area contributed by atoms with Gasteiger partial charge in [0.05, 0.1) is 43.7 Å². The number of alkyl carbamates (subject to hydrolysis) is 1. The Labute approximate surface area is 351 Å². The van der Waals surface area contributed by atoms with Crippen LogP contribution in [0.3, 0.4) is 0 Å². The highest BCUT2D eigenvalue weighted by atomic mass is 32.2. The summed E-state index contributed by atoms with van der Waals surface area (Å²) in [5.41, 5.74) is 2.25. The smallest absolute Gasteiger partial charge is 0.407 e. The Morgan fingerprint density at radius 1 is 0.800 bits per heavy atom. The van der Waals surface area contributed by atoms with E-state index in [9.17, 15) is 36.7 Å². The standard InChI is InChI=1S/C24H38N6O7S.C13H16N4O4S/c1-17(2)21(30-16-20(27-29-30)18-6-8-19(9-7-18)28-38(33)34)22(31)25-10-12-35-14-15-36-13-11-26-23(32)37-24(3,4)5;1-8(2)12(13(18)19)17-7-11(15-16-17)9-3-5-10(6-4-9)22(14,20)21/h6-9,16-17,21,28H,10-15H2,1-5H3,(H,25,31)(H,26,32)(H,33,34);3-8,12H,1-2H3,(H,18,19)(H2,14,20,21)/p-1/t21-;12-/m00/s1. The Kier molecular flexibility index (Phi) is 18.7. The first-order valence-electron chi connectivity index (χ1n) is 18.7. The molecule has 0 saturated carbocycles. The number of nitrogens with zero attached hydrogens (tertiary/aromatic N) is 6. The van der Waals surface area contributed by atoms with Crippen molar-refractivity contribution in [2.75, 3.05) is 44.2 Å². The topological polar surface area (TPSA) is 297 Å². The number of rotatable bonds is 20. The highest BCUT2D eigenvalue weighted by Gasteiger charge is 2.26. The van der Waals surface area contributed by atoms with Gasteiger partial charge in [0.2, 0.25) is 15.9 Å². The number of carbonyl (C=O) groups is 3. The predicted octanol–water partition coefficient (Wildman–Crippen LogP) is 2.90. The van der Waals surface area contributed by atoms with Crippen LogP contribution in [0.2, 0.25) is 0 Å². The van der Waals surface area contributed by atoms with E-state index in [-0.39, 0.29) is 22.6 Å². The van der Waals surface area contributed by atoms with Gasteiger partial charge in [-0.15, -0.1) is 10.2 Å². The molecule has 0 aliphatic heterocycles. The molecule has 60 heavy (non-hydrogen) atoms. The minimum Gasteiger partial charge on any atom is -0.755 e. The first kappa shape index (κ1) is 49.0. The third-order valence-electron chi connectivity index (χ3n) is 8.07. The largest absolute Gasteiger partial charge is 0.755 e. The zero-order valence-electron chi connectivity index (χ0n) is 34.4. The van der Waals surface area contributed by atoms with Crippen LogP contribution in [0.5, 0.6) is 0 Å². The average molecular weight is 878 g/mol. The number of sulfonamides is 1. The summed E-state index contributed by atoms with van der Waals surface area (Å²) in [6.45, 7) is 14.8. The van der Waals surface area contributed by atoms with Crippen LogP contribution in [0, 0.1) is 11.8 Å². The fourth-order valence-corrected chi connectivity index (χ4v) is 6.20. The van der Waals surface area contributed by atoms with Gasteiger partial charge in [0, 0.05) is 41.2 Å². The van der Waals surface area contributed by atoms with Crippen LogP contribution in [0.4, 0.5) is 10.5 Å². The van der Waals surface area contributed by atoms with Gasteiger partial charge >= 0.3 is 12.1 Å². The summed E-state index contributed by atoms with van der Waals surface area (Å²) in [6.07, 6.45) is 2.72. The van der Waals surface area contributed by atoms with Gasteiger partial charge in [-0.1, -0.05) is 62.4 Å². The Bertz CT molecular complexity index is 2120. The third-order valence-corrected chi connectivity index (χ3v) is 9.40. The number of hydrogen-bond donors (Lipinski definition) is 5. The van der Waals surface area contributed by atoms with Crippen LogP contribution in [0.1, 0.15) is 60.5 Å². The molecular weight excluding hydrogens is 825 g/mol. The van der Waals surface area contributed by atoms with Crippen molar-refractivity contribution in [2.45, 2.75) is 71.0 Å². The van der Waals surface area contributed by atoms with Gasteiger partial charge in [-0.3, -0.25) is 9.00 Å². The van der Waals surface area contributed by atoms with E-state index in [2.05, 4.69) is 36.0 Å². The summed E-state index contributed by atoms with van der Waals surface area (Å²) in [6, 6.07) is 11.1. The first-order chi connectivity index (χ1) is 28.2. The number of nitrogens with one attached hydrogen (secondary N) is 3. The molecule has 2 aromatic heterocycles. The van der Waals surface area contributed by atoms with Crippen molar-refractivity contribution in [3.8, 4) is 22.5 Å². The van der Waals surface area contributed by atoms with E-state index in [0.29, 0.717) is 62.2 Å². The predicted molar refractivity (Wildman–Crippen MR) is 219 cm³/mol. The maximum Gasteiger partial charge on any atom is 0.407 e. The van der Waals surface area contributed by atoms with Crippen LogP contribution in [-0.4, -0.2) is 115 Å². The normalized spacial score (nSPS) is 13.2. The van der Waals surface area contributed by atoms with E-state index in [1.807, 2.05) is 13.8 Å². The number of amides is 2. The first-order valence-corrected chi connectivity index (χ1v) is 21.3. The lowest BCUT2D eigenvalue weighted by Crippen LogP contribution is -2.37. The molecule has 21 nitrogen and oxygen atoms in total. The van der Waals surface area contributed by atoms with E-state index >= 15 is 0 Å². The van der Waals surface area contributed by atoms with E-state index in [1.54, 1.807) is 77.2 Å². The maximum absolute atomic E-state index is 12.8. The number of carbonyl (C=O) groups excluding carboxylic acids is 2. The number of carboxylic acid groups (broad SMARTS) is 1. The molecule has 3 atom stereocenters. The molecule has 0 aliphatic carbocycles. The van der Waals surface area contributed by atoms with Crippen molar-refractivity contribution < 1.29 is 50.9 Å². The van der Waals surface area contributed by atoms with Gasteiger partial charge in [0.25, 0.3) is 0 Å². The highest BCUT2D eigenvalue weighted by Crippen LogP contribution is 2.24. The van der Waals surface area contributed by atoms with Crippen LogP contribution < -0.4 is 20.5 Å². The summed E-state index contributed by atoms with van der Waals surface area (Å²) in [7, 11) is -3.75. The van der Waals surface area contributed by atoms with Gasteiger partial charge in [0.15, 0.2) is 6.04 Å². The molecule has 4 aromatic rings. The molecule has 0 aliphatic rings. The lowest BCUT2D eigenvalue weighted by molar-refractivity contribution is -0.142. The van der Waals surface area contributed by atoms with Crippen molar-refractivity contribution in [1.82, 2.24) is 40.6 Å². The number of primary sulfonamides is 1. The summed E-state index contributed by atoms with van der Waals surface area (Å²) in [5, 5.41) is 35.8. The second kappa shape index (κ2) is 22.9. The Hall–Kier alpha value is -5.33. The van der Waals surface area contributed by atoms with Crippen LogP contribution in [0.25, 0.3) is 22.5 Å². The number of nitrogens with two attached hydrogens (primary N) is 1. The molecular formula is C37H53N10O11S2-. The number of anilines is 1. The minimum absolute atomic E-state index is 0.00534. The van der Waals surface area contributed by atoms with Gasteiger partial charge in [-0.05, 0) is 56.9 Å². The van der Waals surface area contributed by atoms with Gasteiger partial charge in [-0.25, -0.2) is 32.5 Å². The zero-order chi connectivity index (χ0) is 44.6. The SMILES string of the molecule is CC(C)[C@@H](C(=O)NCCOCCOCCNC(=O)OC(C)(C)C)n1cc(-c2ccc(NS(=O)[O-])cc2)nn1.CC(C)[C@@H](C(=O)O)n1cc(-c2ccc(S(N)(=O)=O)cc2)nn1. The van der Waals surface area contributed by atoms with Crippen molar-refractivity contribution in [3.05, 3.63) is 60.9 Å². The molecule has 0 saturated heterocycles. The minimum atomic E-state index is -3.75. The van der Waals surface area contributed by atoms with Crippen molar-refractivity contribution >= 4 is 44.9 Å². The number of hydrogen-bond acceptors (Lipinski definition) is 14. The van der Waals surface area contributed by atoms with Crippen LogP contribution in [0.15, 0.2) is 65.8 Å². The lowest BCUT2D eigenvalue weighted by Gasteiger charge is -2.20. The van der Waals surface area contributed by atoms with Crippen molar-refractivity contribution in [1.29, 1.82) is 0 Å². The Morgan fingerprint density at radius 3 is 1.70 bits per heavy atom. The molecule has 330 valence electrons. The maximum atomic E-state index is 12.8. The number of benzene rings is 2. The average Bonchev–Trinajstić information content (AvgIpc) is 3.82. The second-order valence-corrected chi connectivity index (χ2v) is 17.0.